The number of rotatable bonds is 5. The number of fused-ring (bicyclic) bond motifs is 11. The fraction of sp³-hybridized carbons (Fsp3) is 0.0508. The molecular formula is C59H39NOS. The molecule has 0 aliphatic heterocycles. The zero-order chi connectivity index (χ0) is 41.1. The van der Waals surface area contributed by atoms with E-state index in [4.69, 9.17) is 4.42 Å². The van der Waals surface area contributed by atoms with E-state index in [0.717, 1.165) is 44.6 Å². The number of nitrogens with zero attached hydrogens (tertiary/aromatic N) is 1. The van der Waals surface area contributed by atoms with Crippen molar-refractivity contribution in [1.29, 1.82) is 0 Å². The van der Waals surface area contributed by atoms with E-state index in [2.05, 4.69) is 219 Å². The summed E-state index contributed by atoms with van der Waals surface area (Å²) in [7, 11) is 0. The van der Waals surface area contributed by atoms with Gasteiger partial charge in [-0.25, -0.2) is 0 Å². The van der Waals surface area contributed by atoms with Gasteiger partial charge in [-0.1, -0.05) is 159 Å². The molecule has 1 aliphatic rings. The quantitative estimate of drug-likeness (QED) is 0.172. The van der Waals surface area contributed by atoms with Gasteiger partial charge in [0, 0.05) is 65.1 Å². The molecule has 0 saturated heterocycles. The molecule has 0 N–H and O–H groups in total. The molecule has 0 bridgehead atoms. The monoisotopic (exact) mass is 809 g/mol. The van der Waals surface area contributed by atoms with Gasteiger partial charge in [-0.3, -0.25) is 0 Å². The Morgan fingerprint density at radius 2 is 1.05 bits per heavy atom. The predicted octanol–water partition coefficient (Wildman–Crippen LogP) is 17.4. The van der Waals surface area contributed by atoms with Gasteiger partial charge < -0.3 is 9.32 Å². The van der Waals surface area contributed by atoms with E-state index in [9.17, 15) is 0 Å². The van der Waals surface area contributed by atoms with Crippen molar-refractivity contribution in [2.75, 3.05) is 4.90 Å². The van der Waals surface area contributed by atoms with Crippen LogP contribution >= 0.6 is 11.3 Å². The number of hydrogen-bond donors (Lipinski definition) is 0. The molecule has 0 saturated carbocycles. The molecule has 0 atom stereocenters. The number of thiophene rings is 1. The van der Waals surface area contributed by atoms with Crippen LogP contribution in [0.4, 0.5) is 17.1 Å². The Bertz CT molecular complexity index is 3790. The third-order valence-electron chi connectivity index (χ3n) is 13.5. The second-order valence-corrected chi connectivity index (χ2v) is 18.3. The van der Waals surface area contributed by atoms with Crippen LogP contribution in [-0.4, -0.2) is 0 Å². The lowest BCUT2D eigenvalue weighted by molar-refractivity contribution is 0.660. The van der Waals surface area contributed by atoms with Crippen molar-refractivity contribution in [3.05, 3.63) is 211 Å². The summed E-state index contributed by atoms with van der Waals surface area (Å²) in [5.74, 6) is 0. The number of hydrogen-bond acceptors (Lipinski definition) is 3. The minimum Gasteiger partial charge on any atom is -0.455 e. The lowest BCUT2D eigenvalue weighted by Crippen LogP contribution is -2.16. The van der Waals surface area contributed by atoms with E-state index >= 15 is 0 Å². The molecule has 2 heterocycles. The molecule has 0 fully saturated rings. The third-order valence-corrected chi connectivity index (χ3v) is 14.7. The normalized spacial score (nSPS) is 13.1. The highest BCUT2D eigenvalue weighted by Gasteiger charge is 2.36. The van der Waals surface area contributed by atoms with Crippen molar-refractivity contribution >= 4 is 92.1 Å². The molecular weight excluding hydrogens is 771 g/mol. The van der Waals surface area contributed by atoms with Gasteiger partial charge in [-0.2, -0.15) is 0 Å². The first kappa shape index (κ1) is 35.3. The molecule has 13 rings (SSSR count). The second kappa shape index (κ2) is 13.3. The molecule has 3 heteroatoms. The van der Waals surface area contributed by atoms with Gasteiger partial charge in [0.15, 0.2) is 0 Å². The summed E-state index contributed by atoms with van der Waals surface area (Å²) in [6, 6.07) is 73.5. The van der Waals surface area contributed by atoms with Crippen LogP contribution < -0.4 is 4.90 Å². The zero-order valence-electron chi connectivity index (χ0n) is 34.3. The van der Waals surface area contributed by atoms with Crippen LogP contribution in [0.25, 0.3) is 97.0 Å². The minimum atomic E-state index is -0.136. The van der Waals surface area contributed by atoms with Crippen molar-refractivity contribution in [3.8, 4) is 33.4 Å². The smallest absolute Gasteiger partial charge is 0.143 e. The van der Waals surface area contributed by atoms with Gasteiger partial charge in [0.25, 0.3) is 0 Å². The van der Waals surface area contributed by atoms with Gasteiger partial charge in [0.2, 0.25) is 0 Å². The molecule has 0 amide bonds. The van der Waals surface area contributed by atoms with Crippen LogP contribution in [0, 0.1) is 0 Å². The maximum atomic E-state index is 7.12. The predicted molar refractivity (Wildman–Crippen MR) is 265 cm³/mol. The van der Waals surface area contributed by atoms with Crippen molar-refractivity contribution in [1.82, 2.24) is 0 Å². The van der Waals surface area contributed by atoms with Crippen LogP contribution in [0.2, 0.25) is 0 Å². The van der Waals surface area contributed by atoms with Crippen LogP contribution in [-0.2, 0) is 5.41 Å². The SMILES string of the molecule is CC1(C)c2ccccc2-c2ccc(N(c3ccc(-c4cccc5c4sc4ccccc45)cc3)c3ccc4c(c3)oc3c(-c5cccc6ccccc56)c5ccccc5cc34)cc21. The van der Waals surface area contributed by atoms with Gasteiger partial charge in [-0.05, 0) is 109 Å². The minimum absolute atomic E-state index is 0.136. The highest BCUT2D eigenvalue weighted by molar-refractivity contribution is 7.26. The lowest BCUT2D eigenvalue weighted by Gasteiger charge is -2.28. The van der Waals surface area contributed by atoms with Crippen molar-refractivity contribution in [3.63, 3.8) is 0 Å². The Morgan fingerprint density at radius 3 is 1.94 bits per heavy atom. The summed E-state index contributed by atoms with van der Waals surface area (Å²) in [4.78, 5) is 2.40. The number of furan rings is 1. The summed E-state index contributed by atoms with van der Waals surface area (Å²) in [6.07, 6.45) is 0. The maximum Gasteiger partial charge on any atom is 0.143 e. The van der Waals surface area contributed by atoms with E-state index in [1.807, 2.05) is 11.3 Å². The Balaban J connectivity index is 1.01. The van der Waals surface area contributed by atoms with Crippen molar-refractivity contribution < 1.29 is 4.42 Å². The molecule has 62 heavy (non-hydrogen) atoms. The van der Waals surface area contributed by atoms with E-state index in [-0.39, 0.29) is 5.41 Å². The maximum absolute atomic E-state index is 7.12. The first-order valence-electron chi connectivity index (χ1n) is 21.4. The standard InChI is InChI=1S/C59H39NOS/c1-59(2)52-23-9-7-18-45(52)46-31-29-40(34-53(46)59)60(39-27-25-37(26-28-39)44-20-12-22-50-48-19-8-10-24-55(48)62-58(44)50)41-30-32-47-51-33-38-14-4-6-17-43(38)56(57(51)61-54(47)35-41)49-21-11-15-36-13-3-5-16-42(36)49/h3-35H,1-2H3. The zero-order valence-corrected chi connectivity index (χ0v) is 35.1. The first-order chi connectivity index (χ1) is 30.5. The highest BCUT2D eigenvalue weighted by atomic mass is 32.1. The summed E-state index contributed by atoms with van der Waals surface area (Å²) in [6.45, 7) is 4.71. The highest BCUT2D eigenvalue weighted by Crippen LogP contribution is 2.51. The van der Waals surface area contributed by atoms with Gasteiger partial charge in [0.1, 0.15) is 11.2 Å². The second-order valence-electron chi connectivity index (χ2n) is 17.2. The van der Waals surface area contributed by atoms with E-state index in [1.54, 1.807) is 0 Å². The van der Waals surface area contributed by atoms with Gasteiger partial charge in [0.05, 0.1) is 0 Å². The van der Waals surface area contributed by atoms with Crippen molar-refractivity contribution in [2.45, 2.75) is 19.3 Å². The molecule has 12 aromatic rings. The van der Waals surface area contributed by atoms with Crippen LogP contribution in [0.15, 0.2) is 205 Å². The third kappa shape index (κ3) is 5.16. The summed E-state index contributed by atoms with van der Waals surface area (Å²) in [5.41, 5.74) is 15.0. The molecule has 10 aromatic carbocycles. The average Bonchev–Trinajstić information content (AvgIpc) is 3.95. The molecule has 0 spiro atoms. The Labute approximate surface area is 363 Å². The molecule has 2 nitrogen and oxygen atoms in total. The van der Waals surface area contributed by atoms with Crippen LogP contribution in [0.5, 0.6) is 0 Å². The lowest BCUT2D eigenvalue weighted by atomic mass is 9.82. The number of anilines is 3. The van der Waals surface area contributed by atoms with Gasteiger partial charge >= 0.3 is 0 Å². The van der Waals surface area contributed by atoms with Crippen molar-refractivity contribution in [2.24, 2.45) is 0 Å². The average molecular weight is 810 g/mol. The first-order valence-corrected chi connectivity index (χ1v) is 22.2. The summed E-state index contributed by atoms with van der Waals surface area (Å²) >= 11 is 1.88. The molecule has 0 radical (unpaired) electrons. The fourth-order valence-corrected chi connectivity index (χ4v) is 11.7. The summed E-state index contributed by atoms with van der Waals surface area (Å²) in [5, 5.41) is 9.67. The Hall–Kier alpha value is -7.46. The Morgan fingerprint density at radius 1 is 0.419 bits per heavy atom. The van der Waals surface area contributed by atoms with E-state index < -0.39 is 0 Å². The molecule has 0 unspecified atom stereocenters. The Kier molecular flexibility index (Phi) is 7.56. The molecule has 292 valence electrons. The van der Waals surface area contributed by atoms with E-state index in [1.165, 1.54) is 80.7 Å². The topological polar surface area (TPSA) is 16.4 Å². The largest absolute Gasteiger partial charge is 0.455 e. The number of benzene rings is 10. The molecule has 1 aliphatic carbocycles. The summed E-state index contributed by atoms with van der Waals surface area (Å²) < 4.78 is 9.77. The van der Waals surface area contributed by atoms with Crippen LogP contribution in [0.1, 0.15) is 25.0 Å². The van der Waals surface area contributed by atoms with E-state index in [0.29, 0.717) is 0 Å². The van der Waals surface area contributed by atoms with Gasteiger partial charge in [-0.15, -0.1) is 11.3 Å². The van der Waals surface area contributed by atoms with Crippen LogP contribution in [0.3, 0.4) is 0 Å². The molecule has 2 aromatic heterocycles. The fourth-order valence-electron chi connectivity index (χ4n) is 10.5.